The molecule has 2 aromatic rings. The lowest BCUT2D eigenvalue weighted by Crippen LogP contribution is -2.45. The maximum atomic E-state index is 6.28. The molecule has 0 saturated heterocycles. The van der Waals surface area contributed by atoms with Crippen LogP contribution in [0, 0.1) is 0 Å². The fraction of sp³-hybridized carbons (Fsp3) is 0.421. The van der Waals surface area contributed by atoms with Gasteiger partial charge in [-0.25, -0.2) is 0 Å². The maximum absolute atomic E-state index is 6.28. The van der Waals surface area contributed by atoms with Crippen molar-refractivity contribution in [3.05, 3.63) is 53.4 Å². The Morgan fingerprint density at radius 2 is 1.96 bits per heavy atom. The number of rotatable bonds is 4. The van der Waals surface area contributed by atoms with Crippen LogP contribution in [0.25, 0.3) is 0 Å². The summed E-state index contributed by atoms with van der Waals surface area (Å²) in [5.41, 5.74) is 0.844. The van der Waals surface area contributed by atoms with Gasteiger partial charge in [-0.2, -0.15) is 0 Å². The van der Waals surface area contributed by atoms with Crippen molar-refractivity contribution in [1.82, 2.24) is 4.90 Å². The highest BCUT2D eigenvalue weighted by molar-refractivity contribution is 7.80. The van der Waals surface area contributed by atoms with Crippen LogP contribution in [0.1, 0.15) is 50.8 Å². The van der Waals surface area contributed by atoms with E-state index in [0.717, 1.165) is 24.3 Å². The quantitative estimate of drug-likeness (QED) is 0.672. The number of nitrogens with one attached hydrogen (secondary N) is 1. The van der Waals surface area contributed by atoms with Gasteiger partial charge in [0.05, 0.1) is 23.0 Å². The second-order valence-electron chi connectivity index (χ2n) is 6.30. The van der Waals surface area contributed by atoms with E-state index in [1.165, 1.54) is 19.3 Å². The Balaban J connectivity index is 1.83. The SMILES string of the molecule is C[C@@H](c1ccco1)N(C(=S)Nc1ccccc1Cl)C1CCCCC1. The number of benzene rings is 1. The summed E-state index contributed by atoms with van der Waals surface area (Å²) >= 11 is 12.0. The first kappa shape index (κ1) is 17.3. The minimum absolute atomic E-state index is 0.0885. The molecule has 1 heterocycles. The van der Waals surface area contributed by atoms with Crippen molar-refractivity contribution in [3.8, 4) is 0 Å². The first-order valence-electron chi connectivity index (χ1n) is 8.54. The number of hydrogen-bond donors (Lipinski definition) is 1. The lowest BCUT2D eigenvalue weighted by Gasteiger charge is -2.39. The third-order valence-corrected chi connectivity index (χ3v) is 5.33. The van der Waals surface area contributed by atoms with E-state index >= 15 is 0 Å². The molecular formula is C19H23ClN2OS. The Morgan fingerprint density at radius 1 is 1.21 bits per heavy atom. The molecule has 1 atom stereocenters. The second-order valence-corrected chi connectivity index (χ2v) is 7.09. The van der Waals surface area contributed by atoms with Gasteiger partial charge in [-0.15, -0.1) is 0 Å². The first-order valence-corrected chi connectivity index (χ1v) is 9.32. The Morgan fingerprint density at radius 3 is 2.62 bits per heavy atom. The predicted octanol–water partition coefficient (Wildman–Crippen LogP) is 6.03. The summed E-state index contributed by atoms with van der Waals surface area (Å²) in [4.78, 5) is 2.29. The van der Waals surface area contributed by atoms with Crippen LogP contribution in [-0.4, -0.2) is 16.1 Å². The molecule has 1 N–H and O–H groups in total. The fourth-order valence-corrected chi connectivity index (χ4v) is 4.03. The molecule has 0 amide bonds. The Labute approximate surface area is 154 Å². The molecule has 3 rings (SSSR count). The summed E-state index contributed by atoms with van der Waals surface area (Å²) in [6.45, 7) is 2.15. The molecule has 0 aliphatic heterocycles. The molecule has 1 aliphatic rings. The summed E-state index contributed by atoms with van der Waals surface area (Å²) in [6.07, 6.45) is 7.85. The van der Waals surface area contributed by atoms with Gasteiger partial charge in [-0.05, 0) is 56.2 Å². The molecule has 128 valence electrons. The van der Waals surface area contributed by atoms with Crippen molar-refractivity contribution in [1.29, 1.82) is 0 Å². The van der Waals surface area contributed by atoms with Gasteiger partial charge in [-0.3, -0.25) is 0 Å². The van der Waals surface area contributed by atoms with Crippen LogP contribution in [0.2, 0.25) is 5.02 Å². The molecule has 5 heteroatoms. The van der Waals surface area contributed by atoms with E-state index in [1.807, 2.05) is 36.4 Å². The van der Waals surface area contributed by atoms with Crippen LogP contribution < -0.4 is 5.32 Å². The highest BCUT2D eigenvalue weighted by atomic mass is 35.5. The molecule has 3 nitrogen and oxygen atoms in total. The standard InChI is InChI=1S/C19H23ClN2OS/c1-14(18-12-7-13-23-18)22(15-8-3-2-4-9-15)19(24)21-17-11-6-5-10-16(17)20/h5-7,10-15H,2-4,8-9H2,1H3,(H,21,24)/t14-/m0/s1. The number of nitrogens with zero attached hydrogens (tertiary/aromatic N) is 1. The molecule has 0 unspecified atom stereocenters. The molecule has 1 aromatic heterocycles. The predicted molar refractivity (Wildman–Crippen MR) is 104 cm³/mol. The highest BCUT2D eigenvalue weighted by Crippen LogP contribution is 2.32. The molecule has 1 fully saturated rings. The molecule has 24 heavy (non-hydrogen) atoms. The minimum atomic E-state index is 0.0885. The molecule has 0 bridgehead atoms. The molecule has 0 spiro atoms. The number of thiocarbonyl (C=S) groups is 1. The summed E-state index contributed by atoms with van der Waals surface area (Å²) < 4.78 is 5.64. The van der Waals surface area contributed by atoms with Crippen molar-refractivity contribution < 1.29 is 4.42 Å². The van der Waals surface area contributed by atoms with Crippen molar-refractivity contribution >= 4 is 34.6 Å². The molecule has 1 aliphatic carbocycles. The van der Waals surface area contributed by atoms with Crippen LogP contribution in [0.4, 0.5) is 5.69 Å². The third kappa shape index (κ3) is 3.93. The van der Waals surface area contributed by atoms with Gasteiger partial charge in [0.1, 0.15) is 5.76 Å². The summed E-state index contributed by atoms with van der Waals surface area (Å²) in [6, 6.07) is 12.2. The Bertz CT molecular complexity index is 668. The minimum Gasteiger partial charge on any atom is -0.467 e. The van der Waals surface area contributed by atoms with Gasteiger partial charge in [0.2, 0.25) is 0 Å². The zero-order valence-corrected chi connectivity index (χ0v) is 15.4. The number of anilines is 1. The van der Waals surface area contributed by atoms with Gasteiger partial charge < -0.3 is 14.6 Å². The highest BCUT2D eigenvalue weighted by Gasteiger charge is 2.29. The molecule has 1 aromatic carbocycles. The Kier molecular flexibility index (Phi) is 5.80. The topological polar surface area (TPSA) is 28.4 Å². The van der Waals surface area contributed by atoms with Gasteiger partial charge in [0.25, 0.3) is 0 Å². The van der Waals surface area contributed by atoms with E-state index in [0.29, 0.717) is 16.2 Å². The van der Waals surface area contributed by atoms with Gasteiger partial charge in [0.15, 0.2) is 5.11 Å². The number of furan rings is 1. The number of hydrogen-bond acceptors (Lipinski definition) is 2. The van der Waals surface area contributed by atoms with Gasteiger partial charge in [-0.1, -0.05) is 43.0 Å². The number of para-hydroxylation sites is 1. The molecule has 0 radical (unpaired) electrons. The summed E-state index contributed by atoms with van der Waals surface area (Å²) in [5.74, 6) is 0.934. The average molecular weight is 363 g/mol. The van der Waals surface area contributed by atoms with Crippen LogP contribution in [0.3, 0.4) is 0 Å². The number of halogens is 1. The van der Waals surface area contributed by atoms with Gasteiger partial charge in [0, 0.05) is 6.04 Å². The van der Waals surface area contributed by atoms with Crippen LogP contribution in [0.5, 0.6) is 0 Å². The molecular weight excluding hydrogens is 340 g/mol. The third-order valence-electron chi connectivity index (χ3n) is 4.69. The lowest BCUT2D eigenvalue weighted by molar-refractivity contribution is 0.186. The first-order chi connectivity index (χ1) is 11.7. The van der Waals surface area contributed by atoms with E-state index in [2.05, 4.69) is 17.1 Å². The van der Waals surface area contributed by atoms with Gasteiger partial charge >= 0.3 is 0 Å². The zero-order valence-electron chi connectivity index (χ0n) is 13.9. The zero-order chi connectivity index (χ0) is 16.9. The normalized spacial score (nSPS) is 16.6. The smallest absolute Gasteiger partial charge is 0.174 e. The average Bonchev–Trinajstić information content (AvgIpc) is 3.13. The van der Waals surface area contributed by atoms with E-state index in [1.54, 1.807) is 6.26 Å². The fourth-order valence-electron chi connectivity index (χ4n) is 3.43. The summed E-state index contributed by atoms with van der Waals surface area (Å²) in [7, 11) is 0. The van der Waals surface area contributed by atoms with E-state index in [-0.39, 0.29) is 6.04 Å². The Hall–Kier alpha value is -1.52. The van der Waals surface area contributed by atoms with Crippen LogP contribution in [-0.2, 0) is 0 Å². The summed E-state index contributed by atoms with van der Waals surface area (Å²) in [5, 5.41) is 4.72. The maximum Gasteiger partial charge on any atom is 0.174 e. The van der Waals surface area contributed by atoms with Crippen molar-refractivity contribution in [2.24, 2.45) is 0 Å². The largest absolute Gasteiger partial charge is 0.467 e. The van der Waals surface area contributed by atoms with Crippen molar-refractivity contribution in [2.75, 3.05) is 5.32 Å². The lowest BCUT2D eigenvalue weighted by atomic mass is 9.93. The van der Waals surface area contributed by atoms with E-state index < -0.39 is 0 Å². The van der Waals surface area contributed by atoms with E-state index in [9.17, 15) is 0 Å². The monoisotopic (exact) mass is 362 g/mol. The molecule has 1 saturated carbocycles. The van der Waals surface area contributed by atoms with Crippen molar-refractivity contribution in [3.63, 3.8) is 0 Å². The van der Waals surface area contributed by atoms with Crippen LogP contribution >= 0.6 is 23.8 Å². The van der Waals surface area contributed by atoms with Crippen molar-refractivity contribution in [2.45, 2.75) is 51.1 Å². The van der Waals surface area contributed by atoms with Crippen LogP contribution in [0.15, 0.2) is 47.1 Å². The van der Waals surface area contributed by atoms with E-state index in [4.69, 9.17) is 28.2 Å². The second kappa shape index (κ2) is 8.04.